The Hall–Kier alpha value is -3.08. The lowest BCUT2D eigenvalue weighted by molar-refractivity contribution is -0.118. The first kappa shape index (κ1) is 14.3. The molecule has 0 radical (unpaired) electrons. The summed E-state index contributed by atoms with van der Waals surface area (Å²) in [6, 6.07) is 9.65. The monoisotopic (exact) mass is 333 g/mol. The summed E-state index contributed by atoms with van der Waals surface area (Å²) in [6.45, 7) is 0.994. The highest BCUT2D eigenvalue weighted by Gasteiger charge is 2.39. The number of fused-ring (bicyclic) bond motifs is 4. The Labute approximate surface area is 144 Å². The fourth-order valence-corrected chi connectivity index (χ4v) is 3.50. The molecule has 2 aromatic rings. The molecule has 0 bridgehead atoms. The van der Waals surface area contributed by atoms with Crippen molar-refractivity contribution in [2.45, 2.75) is 12.0 Å². The predicted molar refractivity (Wildman–Crippen MR) is 91.3 cm³/mol. The third kappa shape index (κ3) is 2.23. The van der Waals surface area contributed by atoms with E-state index < -0.39 is 0 Å². The van der Waals surface area contributed by atoms with E-state index >= 15 is 0 Å². The highest BCUT2D eigenvalue weighted by atomic mass is 16.6. The molecule has 3 aliphatic rings. The molecule has 5 rings (SSSR count). The van der Waals surface area contributed by atoms with E-state index in [0.717, 1.165) is 11.1 Å². The first-order valence-corrected chi connectivity index (χ1v) is 8.24. The highest BCUT2D eigenvalue weighted by Crippen LogP contribution is 2.40. The van der Waals surface area contributed by atoms with E-state index in [0.29, 0.717) is 36.0 Å². The highest BCUT2D eigenvalue weighted by molar-refractivity contribution is 6.24. The molecule has 2 atom stereocenters. The molecule has 0 spiro atoms. The molecule has 124 valence electrons. The maximum atomic E-state index is 13.2. The zero-order valence-corrected chi connectivity index (χ0v) is 13.3. The molecule has 3 heterocycles. The topological polar surface area (TPSA) is 57.7 Å². The molecule has 2 aliphatic heterocycles. The SMILES string of the molecule is O=C1C(c2cc3c(cn2)OCCO3)=COC2C=Cc3ccccc3C12. The summed E-state index contributed by atoms with van der Waals surface area (Å²) in [7, 11) is 0. The first-order valence-electron chi connectivity index (χ1n) is 8.24. The van der Waals surface area contributed by atoms with E-state index in [1.165, 1.54) is 6.26 Å². The second-order valence-electron chi connectivity index (χ2n) is 6.18. The van der Waals surface area contributed by atoms with Crippen LogP contribution in [0.1, 0.15) is 22.7 Å². The van der Waals surface area contributed by atoms with Crippen LogP contribution >= 0.6 is 0 Å². The lowest BCUT2D eigenvalue weighted by atomic mass is 9.78. The maximum Gasteiger partial charge on any atom is 0.179 e. The van der Waals surface area contributed by atoms with Gasteiger partial charge in [-0.05, 0) is 17.2 Å². The largest absolute Gasteiger partial charge is 0.492 e. The Morgan fingerprint density at radius 1 is 1.08 bits per heavy atom. The summed E-state index contributed by atoms with van der Waals surface area (Å²) in [4.78, 5) is 17.6. The van der Waals surface area contributed by atoms with E-state index in [9.17, 15) is 4.79 Å². The van der Waals surface area contributed by atoms with E-state index in [4.69, 9.17) is 14.2 Å². The minimum Gasteiger partial charge on any atom is -0.492 e. The van der Waals surface area contributed by atoms with E-state index in [1.807, 2.05) is 36.4 Å². The number of aromatic nitrogens is 1. The molecular formula is C20H15NO4. The van der Waals surface area contributed by atoms with Crippen molar-refractivity contribution in [3.63, 3.8) is 0 Å². The minimum atomic E-state index is -0.351. The van der Waals surface area contributed by atoms with Crippen molar-refractivity contribution in [3.05, 3.63) is 65.7 Å². The van der Waals surface area contributed by atoms with Gasteiger partial charge in [0.2, 0.25) is 0 Å². The van der Waals surface area contributed by atoms with Gasteiger partial charge in [-0.25, -0.2) is 0 Å². The van der Waals surface area contributed by atoms with Gasteiger partial charge in [-0.2, -0.15) is 0 Å². The number of carbonyl (C=O) groups is 1. The van der Waals surface area contributed by atoms with Crippen LogP contribution in [0.15, 0.2) is 48.9 Å². The molecule has 1 aliphatic carbocycles. The molecule has 0 fully saturated rings. The van der Waals surface area contributed by atoms with Crippen LogP contribution in [0.5, 0.6) is 11.5 Å². The van der Waals surface area contributed by atoms with E-state index in [-0.39, 0.29) is 17.8 Å². The van der Waals surface area contributed by atoms with Crippen LogP contribution < -0.4 is 9.47 Å². The molecular weight excluding hydrogens is 318 g/mol. The fraction of sp³-hybridized carbons (Fsp3) is 0.200. The van der Waals surface area contributed by atoms with Crippen molar-refractivity contribution in [2.75, 3.05) is 13.2 Å². The summed E-state index contributed by atoms with van der Waals surface area (Å²) in [5.74, 6) is 0.869. The smallest absolute Gasteiger partial charge is 0.179 e. The lowest BCUT2D eigenvalue weighted by Crippen LogP contribution is -2.33. The van der Waals surface area contributed by atoms with Gasteiger partial charge in [-0.1, -0.05) is 30.3 Å². The number of nitrogens with zero attached hydrogens (tertiary/aromatic N) is 1. The average Bonchev–Trinajstić information content (AvgIpc) is 2.67. The number of hydrogen-bond donors (Lipinski definition) is 0. The number of rotatable bonds is 1. The maximum absolute atomic E-state index is 13.2. The molecule has 1 aromatic heterocycles. The van der Waals surface area contributed by atoms with Gasteiger partial charge in [-0.3, -0.25) is 9.78 Å². The summed E-state index contributed by atoms with van der Waals surface area (Å²) in [5, 5.41) is 0. The summed E-state index contributed by atoms with van der Waals surface area (Å²) < 4.78 is 16.9. The minimum absolute atomic E-state index is 0.0113. The summed E-state index contributed by atoms with van der Waals surface area (Å²) >= 11 is 0. The van der Waals surface area contributed by atoms with Crippen molar-refractivity contribution in [1.82, 2.24) is 4.98 Å². The van der Waals surface area contributed by atoms with Crippen LogP contribution in [0, 0.1) is 0 Å². The lowest BCUT2D eigenvalue weighted by Gasteiger charge is -2.32. The number of hydrogen-bond acceptors (Lipinski definition) is 5. The number of benzene rings is 1. The zero-order chi connectivity index (χ0) is 16.8. The van der Waals surface area contributed by atoms with Crippen molar-refractivity contribution >= 4 is 17.4 Å². The molecule has 0 N–H and O–H groups in total. The number of Topliss-reactive ketones (excluding diaryl/α,β-unsaturated/α-hetero) is 1. The van der Waals surface area contributed by atoms with Gasteiger partial charge in [-0.15, -0.1) is 0 Å². The van der Waals surface area contributed by atoms with Crippen LogP contribution in [-0.2, 0) is 9.53 Å². The molecule has 0 saturated carbocycles. The van der Waals surface area contributed by atoms with Gasteiger partial charge < -0.3 is 14.2 Å². The molecule has 25 heavy (non-hydrogen) atoms. The van der Waals surface area contributed by atoms with Crippen molar-refractivity contribution in [2.24, 2.45) is 0 Å². The Balaban J connectivity index is 1.55. The number of ketones is 1. The van der Waals surface area contributed by atoms with Crippen LogP contribution in [0.25, 0.3) is 11.6 Å². The zero-order valence-electron chi connectivity index (χ0n) is 13.3. The standard InChI is InChI=1S/C20H15NO4/c22-20-14(15-9-17-18(10-21-15)24-8-7-23-17)11-25-16-6-5-12-3-1-2-4-13(12)19(16)20/h1-6,9-11,16,19H,7-8H2. The van der Waals surface area contributed by atoms with Gasteiger partial charge in [0, 0.05) is 6.07 Å². The quantitative estimate of drug-likeness (QED) is 0.803. The predicted octanol–water partition coefficient (Wildman–Crippen LogP) is 2.97. The van der Waals surface area contributed by atoms with E-state index in [1.54, 1.807) is 12.3 Å². The Bertz CT molecular complexity index is 931. The number of allylic oxidation sites excluding steroid dienone is 1. The normalized spacial score (nSPS) is 23.2. The number of ether oxygens (including phenoxy) is 3. The van der Waals surface area contributed by atoms with Crippen molar-refractivity contribution in [3.8, 4) is 11.5 Å². The second kappa shape index (κ2) is 5.48. The second-order valence-corrected chi connectivity index (χ2v) is 6.18. The first-order chi connectivity index (χ1) is 12.3. The average molecular weight is 333 g/mol. The van der Waals surface area contributed by atoms with Gasteiger partial charge in [0.15, 0.2) is 17.3 Å². The molecule has 1 aromatic carbocycles. The van der Waals surface area contributed by atoms with Gasteiger partial charge in [0.25, 0.3) is 0 Å². The Morgan fingerprint density at radius 3 is 2.84 bits per heavy atom. The number of carbonyl (C=O) groups excluding carboxylic acids is 1. The van der Waals surface area contributed by atoms with Crippen LogP contribution in [0.2, 0.25) is 0 Å². The van der Waals surface area contributed by atoms with Gasteiger partial charge in [0.1, 0.15) is 19.3 Å². The van der Waals surface area contributed by atoms with Gasteiger partial charge in [0.05, 0.1) is 29.6 Å². The third-order valence-electron chi connectivity index (χ3n) is 4.72. The Morgan fingerprint density at radius 2 is 1.92 bits per heavy atom. The number of pyridine rings is 1. The summed E-state index contributed by atoms with van der Waals surface area (Å²) in [6.07, 6.45) is 6.78. The van der Waals surface area contributed by atoms with Crippen molar-refractivity contribution in [1.29, 1.82) is 0 Å². The molecule has 5 heteroatoms. The van der Waals surface area contributed by atoms with Crippen LogP contribution in [0.3, 0.4) is 0 Å². The van der Waals surface area contributed by atoms with Crippen LogP contribution in [0.4, 0.5) is 0 Å². The molecule has 0 saturated heterocycles. The van der Waals surface area contributed by atoms with Crippen LogP contribution in [-0.4, -0.2) is 30.1 Å². The van der Waals surface area contributed by atoms with Crippen molar-refractivity contribution < 1.29 is 19.0 Å². The fourth-order valence-electron chi connectivity index (χ4n) is 3.50. The van der Waals surface area contributed by atoms with E-state index in [2.05, 4.69) is 4.98 Å². The van der Waals surface area contributed by atoms with Gasteiger partial charge >= 0.3 is 0 Å². The third-order valence-corrected chi connectivity index (χ3v) is 4.72. The Kier molecular flexibility index (Phi) is 3.13. The molecule has 2 unspecified atom stereocenters. The molecule has 5 nitrogen and oxygen atoms in total. The molecule has 0 amide bonds. The summed E-state index contributed by atoms with van der Waals surface area (Å²) in [5.41, 5.74) is 3.04.